The molecule has 294 valence electrons. The summed E-state index contributed by atoms with van der Waals surface area (Å²) in [6.45, 7) is 8.93. The van der Waals surface area contributed by atoms with Gasteiger partial charge in [0.05, 0.1) is 28.5 Å². The molecule has 0 radical (unpaired) electrons. The highest BCUT2D eigenvalue weighted by Crippen LogP contribution is 2.45. The molecule has 18 heteroatoms. The molecule has 0 aromatic heterocycles. The van der Waals surface area contributed by atoms with Gasteiger partial charge in [-0.05, 0) is 97.6 Å². The van der Waals surface area contributed by atoms with Gasteiger partial charge in [-0.15, -0.1) is 11.8 Å². The van der Waals surface area contributed by atoms with Crippen LogP contribution in [-0.4, -0.2) is 121 Å². The van der Waals surface area contributed by atoms with Gasteiger partial charge < -0.3 is 10.1 Å². The maximum atomic E-state index is 16.1. The highest BCUT2D eigenvalue weighted by Gasteiger charge is 2.55. The summed E-state index contributed by atoms with van der Waals surface area (Å²) < 4.78 is 64.1. The third-order valence-corrected chi connectivity index (χ3v) is 16.6. The van der Waals surface area contributed by atoms with Crippen LogP contribution in [0.25, 0.3) is 0 Å². The summed E-state index contributed by atoms with van der Waals surface area (Å²) in [5.74, 6) is -0.524. The van der Waals surface area contributed by atoms with Crippen molar-refractivity contribution in [3.63, 3.8) is 0 Å². The molecule has 14 nitrogen and oxygen atoms in total. The van der Waals surface area contributed by atoms with Crippen LogP contribution in [0.1, 0.15) is 91.9 Å². The summed E-state index contributed by atoms with van der Waals surface area (Å²) in [6, 6.07) is -1.13. The van der Waals surface area contributed by atoms with Crippen LogP contribution < -0.4 is 32.1 Å². The van der Waals surface area contributed by atoms with Gasteiger partial charge in [0, 0.05) is 49.1 Å². The molecule has 0 spiro atoms. The van der Waals surface area contributed by atoms with Gasteiger partial charge in [-0.3, -0.25) is 41.2 Å². The number of nitrogens with zero attached hydrogens (tertiary/aromatic N) is 2. The minimum Gasteiger partial charge on any atom is -0.375 e. The molecule has 3 aliphatic heterocycles. The molecule has 3 saturated heterocycles. The summed E-state index contributed by atoms with van der Waals surface area (Å²) in [4.78, 5) is 24.6. The molecule has 0 aromatic rings. The standard InChI is InChI=1S/C33H60F2N8O6S2/c1-19-17-27(41-40-19)37-30-29(49-5)31(42-15-12-21(13-16-42)11-14-36-20(2)44)39-32(38-30)50-26-10-9-22(18-24(26)34)51(47,48)33(3,4)23-7-6-8-25(28(23)35)43(45)46/h19,21-32,37-41H,6-18H2,1-5H3,(H,36,44). The Morgan fingerprint density at radius 2 is 1.80 bits per heavy atom. The molecule has 5 fully saturated rings. The Morgan fingerprint density at radius 1 is 1.08 bits per heavy atom. The summed E-state index contributed by atoms with van der Waals surface area (Å²) in [5, 5.41) is 23.9. The number of amides is 1. The zero-order valence-corrected chi connectivity index (χ0v) is 32.2. The summed E-state index contributed by atoms with van der Waals surface area (Å²) >= 11 is 1.43. The number of rotatable bonds is 13. The number of ether oxygens (including phenoxy) is 1. The van der Waals surface area contributed by atoms with E-state index in [1.165, 1.54) is 32.5 Å². The second-order valence-electron chi connectivity index (χ2n) is 15.8. The maximum Gasteiger partial charge on any atom is 0.244 e. The van der Waals surface area contributed by atoms with Crippen molar-refractivity contribution in [2.75, 3.05) is 26.7 Å². The van der Waals surface area contributed by atoms with Crippen molar-refractivity contribution in [2.24, 2.45) is 11.8 Å². The lowest BCUT2D eigenvalue weighted by atomic mass is 9.77. The fraction of sp³-hybridized carbons (Fsp3) is 0.970. The van der Waals surface area contributed by atoms with Gasteiger partial charge in [0.2, 0.25) is 11.9 Å². The summed E-state index contributed by atoms with van der Waals surface area (Å²) in [7, 11) is -2.32. The normalized spacial score (nSPS) is 39.1. The molecule has 0 bridgehead atoms. The number of likely N-dealkylation sites (tertiary alicyclic amines) is 1. The Balaban J connectivity index is 1.24. The van der Waals surface area contributed by atoms with E-state index in [2.05, 4.69) is 43.9 Å². The first-order valence-corrected chi connectivity index (χ1v) is 21.2. The predicted octanol–water partition coefficient (Wildman–Crippen LogP) is 2.14. The van der Waals surface area contributed by atoms with Crippen molar-refractivity contribution in [3.05, 3.63) is 10.1 Å². The molecule has 0 aromatic carbocycles. The van der Waals surface area contributed by atoms with E-state index >= 15 is 8.78 Å². The van der Waals surface area contributed by atoms with E-state index in [-0.39, 0.29) is 67.7 Å². The zero-order chi connectivity index (χ0) is 37.1. The van der Waals surface area contributed by atoms with Gasteiger partial charge in [-0.25, -0.2) is 22.6 Å². The number of methoxy groups -OCH3 is 1. The van der Waals surface area contributed by atoms with Gasteiger partial charge in [0.1, 0.15) is 17.8 Å². The first-order chi connectivity index (χ1) is 24.1. The van der Waals surface area contributed by atoms with E-state index in [1.54, 1.807) is 7.11 Å². The third-order valence-electron chi connectivity index (χ3n) is 12.1. The lowest BCUT2D eigenvalue weighted by molar-refractivity contribution is -0.536. The average Bonchev–Trinajstić information content (AvgIpc) is 3.49. The van der Waals surface area contributed by atoms with Crippen LogP contribution in [0.2, 0.25) is 0 Å². The van der Waals surface area contributed by atoms with E-state index in [0.29, 0.717) is 25.3 Å². The minimum atomic E-state index is -4.02. The van der Waals surface area contributed by atoms with Crippen molar-refractivity contribution < 1.29 is 31.7 Å². The minimum absolute atomic E-state index is 0.00861. The number of hydrogen-bond donors (Lipinski definition) is 6. The quantitative estimate of drug-likeness (QED) is 0.119. The fourth-order valence-corrected chi connectivity index (χ4v) is 12.7. The number of carbonyl (C=O) groups is 1. The van der Waals surface area contributed by atoms with Crippen LogP contribution >= 0.6 is 11.8 Å². The van der Waals surface area contributed by atoms with Crippen molar-refractivity contribution >= 4 is 27.5 Å². The molecule has 3 heterocycles. The molecule has 6 N–H and O–H groups in total. The maximum absolute atomic E-state index is 16.1. The van der Waals surface area contributed by atoms with Crippen LogP contribution in [0.4, 0.5) is 8.78 Å². The molecular formula is C33H60F2N8O6S2. The number of piperidine rings is 1. The lowest BCUT2D eigenvalue weighted by Gasteiger charge is -2.50. The Hall–Kier alpha value is -1.25. The number of nitro groups is 1. The molecule has 12 atom stereocenters. The van der Waals surface area contributed by atoms with Gasteiger partial charge in [-0.2, -0.15) is 0 Å². The fourth-order valence-electron chi connectivity index (χ4n) is 8.94. The molecule has 2 saturated carbocycles. The second kappa shape index (κ2) is 17.5. The summed E-state index contributed by atoms with van der Waals surface area (Å²) in [6.07, 6.45) is 0.880. The van der Waals surface area contributed by atoms with E-state index < -0.39 is 54.3 Å². The predicted molar refractivity (Wildman–Crippen MR) is 193 cm³/mol. The van der Waals surface area contributed by atoms with Crippen molar-refractivity contribution in [1.82, 2.24) is 37.0 Å². The molecule has 1 amide bonds. The van der Waals surface area contributed by atoms with Crippen molar-refractivity contribution in [2.45, 2.75) is 162 Å². The topological polar surface area (TPSA) is 179 Å². The molecule has 5 aliphatic rings. The van der Waals surface area contributed by atoms with Gasteiger partial charge in [0.25, 0.3) is 0 Å². The van der Waals surface area contributed by atoms with E-state index in [4.69, 9.17) is 4.74 Å². The number of carbonyl (C=O) groups excluding carboxylic acids is 1. The Morgan fingerprint density at radius 3 is 2.41 bits per heavy atom. The highest BCUT2D eigenvalue weighted by molar-refractivity contribution is 8.00. The number of alkyl halides is 2. The molecule has 2 aliphatic carbocycles. The van der Waals surface area contributed by atoms with Crippen LogP contribution in [0.5, 0.6) is 0 Å². The highest BCUT2D eigenvalue weighted by atomic mass is 32.2. The monoisotopic (exact) mass is 766 g/mol. The first kappa shape index (κ1) is 40.9. The summed E-state index contributed by atoms with van der Waals surface area (Å²) in [5.41, 5.74) is 6.18. The van der Waals surface area contributed by atoms with Crippen molar-refractivity contribution in [1.29, 1.82) is 0 Å². The van der Waals surface area contributed by atoms with E-state index in [1.807, 2.05) is 0 Å². The van der Waals surface area contributed by atoms with Gasteiger partial charge >= 0.3 is 0 Å². The van der Waals surface area contributed by atoms with Crippen molar-refractivity contribution in [3.8, 4) is 0 Å². The lowest BCUT2D eigenvalue weighted by Crippen LogP contribution is -2.75. The Kier molecular flexibility index (Phi) is 14.0. The van der Waals surface area contributed by atoms with Crippen LogP contribution in [0, 0.1) is 22.0 Å². The van der Waals surface area contributed by atoms with Gasteiger partial charge in [0.15, 0.2) is 16.0 Å². The molecule has 12 unspecified atom stereocenters. The van der Waals surface area contributed by atoms with E-state index in [9.17, 15) is 23.3 Å². The average molecular weight is 767 g/mol. The number of nitrogens with one attached hydrogen (secondary N) is 6. The second-order valence-corrected chi connectivity index (χ2v) is 20.0. The third kappa shape index (κ3) is 9.53. The number of hydrazine groups is 1. The SMILES string of the molecule is COC1C(NC2CC(C)NN2)NC(SC2CCC(S(=O)(=O)C(C)(C)C3CCCC([N+](=O)[O-])C3F)CC2F)NC1N1CCC(CCNC(C)=O)CC1. The molecule has 51 heavy (non-hydrogen) atoms. The number of thioether (sulfide) groups is 1. The van der Waals surface area contributed by atoms with Crippen LogP contribution in [0.3, 0.4) is 0 Å². The molecule has 5 rings (SSSR count). The number of hydrogen-bond acceptors (Lipinski definition) is 13. The Labute approximate surface area is 305 Å². The smallest absolute Gasteiger partial charge is 0.244 e. The van der Waals surface area contributed by atoms with Crippen LogP contribution in [-0.2, 0) is 19.4 Å². The van der Waals surface area contributed by atoms with E-state index in [0.717, 1.165) is 38.8 Å². The number of sulfone groups is 1. The Bertz CT molecular complexity index is 1300. The zero-order valence-electron chi connectivity index (χ0n) is 30.6. The first-order valence-electron chi connectivity index (χ1n) is 18.7. The van der Waals surface area contributed by atoms with Crippen LogP contribution in [0.15, 0.2) is 0 Å². The largest absolute Gasteiger partial charge is 0.375 e. The molecular weight excluding hydrogens is 707 g/mol. The van der Waals surface area contributed by atoms with Gasteiger partial charge in [-0.1, -0.05) is 0 Å². The number of halogens is 2.